The predicted molar refractivity (Wildman–Crippen MR) is 212 cm³/mol. The standard InChI is InChI=1S/C41H53FN8O4S/c1-6-49-35-18-31(42)28-17-27(35)30(38(49)29-16-26(21-44-37(29)24(2)53-5)48-14-12-47(13-15-48)25-9-10-25)20-41(3,4)23-54-40(52)33-8-7-11-50(46-33)39(51)32(43)19-36-45-34(28)22-55-36/h16-18,21-22,24-25,32-33,46H,6-15,19-20,23,43H2,1-5H3/t24-,32-,33-/m0/s1. The average Bonchev–Trinajstić information content (AvgIpc) is 3.88. The van der Waals surface area contributed by atoms with E-state index in [2.05, 4.69) is 46.6 Å². The van der Waals surface area contributed by atoms with Gasteiger partial charge in [-0.15, -0.1) is 11.3 Å². The van der Waals surface area contributed by atoms with E-state index in [4.69, 9.17) is 25.2 Å². The van der Waals surface area contributed by atoms with Crippen LogP contribution >= 0.6 is 11.3 Å². The summed E-state index contributed by atoms with van der Waals surface area (Å²) in [6, 6.07) is 4.98. The molecule has 1 amide bonds. The molecule has 12 nitrogen and oxygen atoms in total. The number of amides is 1. The summed E-state index contributed by atoms with van der Waals surface area (Å²) in [6.45, 7) is 13.3. The number of aromatic nitrogens is 3. The third kappa shape index (κ3) is 7.51. The van der Waals surface area contributed by atoms with Gasteiger partial charge in [-0.1, -0.05) is 13.8 Å². The molecular weight excluding hydrogens is 720 g/mol. The number of nitrogens with zero attached hydrogens (tertiary/aromatic N) is 6. The number of benzene rings is 1. The number of fused-ring (bicyclic) bond motifs is 6. The van der Waals surface area contributed by atoms with Gasteiger partial charge in [-0.3, -0.25) is 24.5 Å². The Balaban J connectivity index is 1.28. The number of ether oxygens (including phenoxy) is 2. The Morgan fingerprint density at radius 3 is 2.62 bits per heavy atom. The molecule has 6 bridgehead atoms. The topological polar surface area (TPSA) is 131 Å². The number of anilines is 1. The summed E-state index contributed by atoms with van der Waals surface area (Å²) in [5.74, 6) is -1.10. The fourth-order valence-corrected chi connectivity index (χ4v) is 9.37. The number of carbonyl (C=O) groups excluding carboxylic acids is 2. The SMILES string of the molecule is CCn1c(-c2cc(N3CCN(C4CC4)CC3)cnc2[C@H](C)OC)c2c3cc(c(F)cc31)-c1csc(n1)C[C@H](N)C(=O)N1CCC[C@H](N1)C(=O)OCC(C)(C)C2. The molecule has 3 N–H and O–H groups in total. The van der Waals surface area contributed by atoms with Crippen LogP contribution in [-0.4, -0.2) is 101 Å². The number of nitrogens with two attached hydrogens (primary N) is 1. The molecule has 1 saturated carbocycles. The van der Waals surface area contributed by atoms with Crippen molar-refractivity contribution in [2.24, 2.45) is 11.1 Å². The highest BCUT2D eigenvalue weighted by atomic mass is 32.1. The molecule has 0 radical (unpaired) electrons. The Hall–Kier alpha value is -3.95. The number of nitrogens with one attached hydrogen (secondary N) is 1. The number of pyridine rings is 1. The van der Waals surface area contributed by atoms with Crippen molar-refractivity contribution in [3.05, 3.63) is 51.9 Å². The predicted octanol–water partition coefficient (Wildman–Crippen LogP) is 5.47. The van der Waals surface area contributed by atoms with Gasteiger partial charge in [-0.2, -0.15) is 0 Å². The van der Waals surface area contributed by atoms with Gasteiger partial charge in [-0.05, 0) is 69.7 Å². The highest BCUT2D eigenvalue weighted by Gasteiger charge is 2.36. The number of hydrazine groups is 1. The van der Waals surface area contributed by atoms with Gasteiger partial charge in [-0.25, -0.2) is 14.8 Å². The third-order valence-electron chi connectivity index (χ3n) is 11.8. The molecule has 0 spiro atoms. The number of hydrogen-bond donors (Lipinski definition) is 2. The summed E-state index contributed by atoms with van der Waals surface area (Å²) in [4.78, 5) is 41.8. The number of thiazole rings is 1. The average molecular weight is 773 g/mol. The molecule has 3 atom stereocenters. The Morgan fingerprint density at radius 2 is 1.89 bits per heavy atom. The van der Waals surface area contributed by atoms with Crippen LogP contribution in [0.1, 0.15) is 75.7 Å². The largest absolute Gasteiger partial charge is 0.464 e. The van der Waals surface area contributed by atoms with Gasteiger partial charge in [0.2, 0.25) is 0 Å². The molecule has 2 saturated heterocycles. The number of esters is 1. The zero-order valence-electron chi connectivity index (χ0n) is 32.6. The van der Waals surface area contributed by atoms with Crippen LogP contribution in [0.5, 0.6) is 0 Å². The van der Waals surface area contributed by atoms with Gasteiger partial charge in [0.1, 0.15) is 11.9 Å². The molecule has 4 aromatic rings. The number of carbonyl (C=O) groups is 2. The lowest BCUT2D eigenvalue weighted by Crippen LogP contribution is -2.59. The van der Waals surface area contributed by atoms with Crippen LogP contribution < -0.4 is 16.1 Å². The maximum atomic E-state index is 16.4. The molecule has 1 aliphatic carbocycles. The summed E-state index contributed by atoms with van der Waals surface area (Å²) in [6.07, 6.45) is 6.16. The van der Waals surface area contributed by atoms with Crippen molar-refractivity contribution in [2.75, 3.05) is 51.3 Å². The van der Waals surface area contributed by atoms with Crippen LogP contribution in [0.15, 0.2) is 29.8 Å². The molecule has 3 aromatic heterocycles. The van der Waals surface area contributed by atoms with Crippen LogP contribution in [0.4, 0.5) is 10.1 Å². The Bertz CT molecular complexity index is 2090. The highest BCUT2D eigenvalue weighted by Crippen LogP contribution is 2.44. The monoisotopic (exact) mass is 772 g/mol. The molecule has 0 unspecified atom stereocenters. The molecule has 55 heavy (non-hydrogen) atoms. The smallest absolute Gasteiger partial charge is 0.324 e. The third-order valence-corrected chi connectivity index (χ3v) is 12.6. The maximum Gasteiger partial charge on any atom is 0.324 e. The summed E-state index contributed by atoms with van der Waals surface area (Å²) in [5.41, 5.74) is 15.4. The summed E-state index contributed by atoms with van der Waals surface area (Å²) in [5, 5.41) is 4.81. The first-order valence-corrected chi connectivity index (χ1v) is 20.6. The van der Waals surface area contributed by atoms with Crippen molar-refractivity contribution in [3.63, 3.8) is 0 Å². The second kappa shape index (κ2) is 15.2. The van der Waals surface area contributed by atoms with Crippen molar-refractivity contribution in [2.45, 2.75) is 97.0 Å². The zero-order valence-corrected chi connectivity index (χ0v) is 33.4. The van der Waals surface area contributed by atoms with Crippen LogP contribution in [-0.2, 0) is 38.4 Å². The number of cyclic esters (lactones) is 1. The lowest BCUT2D eigenvalue weighted by molar-refractivity contribution is -0.154. The molecule has 4 aliphatic rings. The van der Waals surface area contributed by atoms with E-state index in [9.17, 15) is 9.59 Å². The first kappa shape index (κ1) is 37.9. The van der Waals surface area contributed by atoms with Crippen LogP contribution in [0.3, 0.4) is 0 Å². The van der Waals surface area contributed by atoms with E-state index in [0.29, 0.717) is 48.6 Å². The number of methoxy groups -OCH3 is 1. The van der Waals surface area contributed by atoms with E-state index in [1.54, 1.807) is 13.2 Å². The van der Waals surface area contributed by atoms with Crippen molar-refractivity contribution in [1.29, 1.82) is 0 Å². The Morgan fingerprint density at radius 1 is 1.11 bits per heavy atom. The number of hydrogen-bond acceptors (Lipinski definition) is 11. The lowest BCUT2D eigenvalue weighted by Gasteiger charge is -2.36. The molecule has 294 valence electrons. The minimum absolute atomic E-state index is 0.143. The summed E-state index contributed by atoms with van der Waals surface area (Å²) in [7, 11) is 1.70. The van der Waals surface area contributed by atoms with E-state index in [1.807, 2.05) is 24.6 Å². The molecular formula is C41H53FN8O4S. The number of piperazine rings is 1. The summed E-state index contributed by atoms with van der Waals surface area (Å²) >= 11 is 1.36. The fraction of sp³-hybridized carbons (Fsp3) is 0.561. The van der Waals surface area contributed by atoms with E-state index in [1.165, 1.54) is 29.2 Å². The zero-order chi connectivity index (χ0) is 38.6. The highest BCUT2D eigenvalue weighted by molar-refractivity contribution is 7.10. The van der Waals surface area contributed by atoms with Crippen LogP contribution in [0.25, 0.3) is 33.4 Å². The minimum Gasteiger partial charge on any atom is -0.464 e. The van der Waals surface area contributed by atoms with Gasteiger partial charge >= 0.3 is 5.97 Å². The van der Waals surface area contributed by atoms with Gasteiger partial charge in [0, 0.05) is 86.1 Å². The fourth-order valence-electron chi connectivity index (χ4n) is 8.51. The van der Waals surface area contributed by atoms with E-state index in [-0.39, 0.29) is 30.9 Å². The number of halogens is 1. The van der Waals surface area contributed by atoms with Crippen molar-refractivity contribution in [3.8, 4) is 22.5 Å². The van der Waals surface area contributed by atoms with Gasteiger partial charge in [0.25, 0.3) is 5.91 Å². The molecule has 3 fully saturated rings. The van der Waals surface area contributed by atoms with E-state index < -0.39 is 23.5 Å². The van der Waals surface area contributed by atoms with Gasteiger partial charge in [0.15, 0.2) is 0 Å². The molecule has 14 heteroatoms. The Labute approximate surface area is 326 Å². The second-order valence-corrected chi connectivity index (χ2v) is 17.3. The first-order valence-electron chi connectivity index (χ1n) is 19.8. The second-order valence-electron chi connectivity index (χ2n) is 16.4. The minimum atomic E-state index is -0.880. The molecule has 3 aliphatic heterocycles. The van der Waals surface area contributed by atoms with Crippen molar-refractivity contribution in [1.82, 2.24) is 29.9 Å². The lowest BCUT2D eigenvalue weighted by atomic mass is 9.84. The van der Waals surface area contributed by atoms with Crippen molar-refractivity contribution >= 4 is 39.8 Å². The van der Waals surface area contributed by atoms with Crippen LogP contribution in [0.2, 0.25) is 0 Å². The Kier molecular flexibility index (Phi) is 10.5. The van der Waals surface area contributed by atoms with E-state index >= 15 is 4.39 Å². The summed E-state index contributed by atoms with van der Waals surface area (Å²) < 4.78 is 30.6. The van der Waals surface area contributed by atoms with Gasteiger partial charge in [0.05, 0.1) is 58.2 Å². The first-order chi connectivity index (χ1) is 26.4. The maximum absolute atomic E-state index is 16.4. The molecule has 1 aromatic carbocycles. The van der Waals surface area contributed by atoms with Gasteiger partial charge < -0.3 is 24.7 Å². The van der Waals surface area contributed by atoms with Crippen LogP contribution in [0, 0.1) is 11.2 Å². The molecule has 6 heterocycles. The quantitative estimate of drug-likeness (QED) is 0.244. The van der Waals surface area contributed by atoms with E-state index in [0.717, 1.165) is 71.3 Å². The number of rotatable bonds is 6. The number of aryl methyl sites for hydroxylation is 1. The molecule has 8 rings (SSSR count). The van der Waals surface area contributed by atoms with Crippen molar-refractivity contribution < 1.29 is 23.5 Å². The normalized spacial score (nSPS) is 23.2.